The van der Waals surface area contributed by atoms with Gasteiger partial charge in [-0.1, -0.05) is 66.2 Å². The number of rotatable bonds is 6. The van der Waals surface area contributed by atoms with Crippen LogP contribution in [0.3, 0.4) is 0 Å². The minimum absolute atomic E-state index is 0.293. The fourth-order valence-corrected chi connectivity index (χ4v) is 3.66. The van der Waals surface area contributed by atoms with Crippen molar-refractivity contribution in [2.75, 3.05) is 11.9 Å². The molecule has 0 fully saturated rings. The molecule has 0 unspecified atom stereocenters. The van der Waals surface area contributed by atoms with Gasteiger partial charge in [-0.15, -0.1) is 0 Å². The normalized spacial score (nSPS) is 13.9. The van der Waals surface area contributed by atoms with Crippen LogP contribution in [-0.2, 0) is 16.0 Å². The maximum absolute atomic E-state index is 13.3. The van der Waals surface area contributed by atoms with Crippen molar-refractivity contribution in [3.8, 4) is 0 Å². The number of carbonyl (C=O) groups is 2. The summed E-state index contributed by atoms with van der Waals surface area (Å²) in [5.41, 5.74) is 4.22. The first-order chi connectivity index (χ1) is 14.5. The van der Waals surface area contributed by atoms with Gasteiger partial charge in [0, 0.05) is 17.3 Å². The van der Waals surface area contributed by atoms with Crippen molar-refractivity contribution in [3.63, 3.8) is 0 Å². The van der Waals surface area contributed by atoms with Crippen LogP contribution in [0.5, 0.6) is 0 Å². The maximum atomic E-state index is 13.3. The molecule has 3 aromatic rings. The van der Waals surface area contributed by atoms with Crippen LogP contribution in [0.25, 0.3) is 5.57 Å². The number of imide groups is 1. The van der Waals surface area contributed by atoms with E-state index < -0.39 is 0 Å². The van der Waals surface area contributed by atoms with Crippen LogP contribution in [0.4, 0.5) is 5.69 Å². The van der Waals surface area contributed by atoms with Gasteiger partial charge in [0.05, 0.1) is 5.57 Å². The van der Waals surface area contributed by atoms with E-state index in [-0.39, 0.29) is 11.8 Å². The lowest BCUT2D eigenvalue weighted by Gasteiger charge is -2.15. The Morgan fingerprint density at radius 3 is 2.30 bits per heavy atom. The van der Waals surface area contributed by atoms with Gasteiger partial charge in [-0.2, -0.15) is 0 Å². The maximum Gasteiger partial charge on any atom is 0.278 e. The molecule has 3 aromatic carbocycles. The van der Waals surface area contributed by atoms with Crippen LogP contribution in [0, 0.1) is 6.92 Å². The Morgan fingerprint density at radius 2 is 1.60 bits per heavy atom. The average Bonchev–Trinajstić information content (AvgIpc) is 2.97. The quantitative estimate of drug-likeness (QED) is 0.570. The topological polar surface area (TPSA) is 49.4 Å². The van der Waals surface area contributed by atoms with Crippen molar-refractivity contribution in [2.45, 2.75) is 13.3 Å². The summed E-state index contributed by atoms with van der Waals surface area (Å²) in [5.74, 6) is -0.615. The monoisotopic (exact) mass is 416 g/mol. The number of nitrogens with one attached hydrogen (secondary N) is 1. The van der Waals surface area contributed by atoms with Crippen LogP contribution < -0.4 is 5.32 Å². The highest BCUT2D eigenvalue weighted by Crippen LogP contribution is 2.31. The summed E-state index contributed by atoms with van der Waals surface area (Å²) in [7, 11) is 0. The van der Waals surface area contributed by atoms with E-state index in [1.165, 1.54) is 4.90 Å². The molecular formula is C25H21ClN2O2. The van der Waals surface area contributed by atoms with E-state index in [9.17, 15) is 9.59 Å². The summed E-state index contributed by atoms with van der Waals surface area (Å²) in [4.78, 5) is 27.8. The highest BCUT2D eigenvalue weighted by molar-refractivity contribution is 6.36. The lowest BCUT2D eigenvalue weighted by molar-refractivity contribution is -0.136. The molecule has 0 saturated carbocycles. The summed E-state index contributed by atoms with van der Waals surface area (Å²) in [5, 5.41) is 3.76. The molecule has 1 aliphatic heterocycles. The van der Waals surface area contributed by atoms with Gasteiger partial charge in [-0.25, -0.2) is 0 Å². The number of aryl methyl sites for hydroxylation is 1. The number of amides is 2. The van der Waals surface area contributed by atoms with Gasteiger partial charge in [0.25, 0.3) is 11.8 Å². The number of benzene rings is 3. The highest BCUT2D eigenvalue weighted by atomic mass is 35.5. The molecule has 5 heteroatoms. The van der Waals surface area contributed by atoms with Gasteiger partial charge < -0.3 is 5.32 Å². The molecule has 1 heterocycles. The number of halogens is 1. The van der Waals surface area contributed by atoms with Crippen molar-refractivity contribution >= 4 is 34.7 Å². The van der Waals surface area contributed by atoms with Gasteiger partial charge in [0.15, 0.2) is 0 Å². The Kier molecular flexibility index (Phi) is 5.68. The van der Waals surface area contributed by atoms with Crippen LogP contribution >= 0.6 is 11.6 Å². The molecule has 30 heavy (non-hydrogen) atoms. The van der Waals surface area contributed by atoms with E-state index in [4.69, 9.17) is 11.6 Å². The number of hydrogen-bond acceptors (Lipinski definition) is 3. The predicted octanol–water partition coefficient (Wildman–Crippen LogP) is 5.08. The molecule has 0 spiro atoms. The SMILES string of the molecule is Cc1cccc(NC2=C(c3ccc(Cl)cc3)C(=O)N(CCc3ccccc3)C2=O)c1. The number of carbonyl (C=O) groups excluding carboxylic acids is 2. The first kappa shape index (κ1) is 19.9. The van der Waals surface area contributed by atoms with Crippen LogP contribution in [0.15, 0.2) is 84.6 Å². The largest absolute Gasteiger partial charge is 0.350 e. The summed E-state index contributed by atoms with van der Waals surface area (Å²) in [6.07, 6.45) is 0.601. The van der Waals surface area contributed by atoms with Gasteiger partial charge in [-0.3, -0.25) is 14.5 Å². The van der Waals surface area contributed by atoms with E-state index in [0.717, 1.165) is 16.8 Å². The molecule has 0 bridgehead atoms. The van der Waals surface area contributed by atoms with E-state index in [2.05, 4.69) is 5.32 Å². The van der Waals surface area contributed by atoms with Gasteiger partial charge in [0.1, 0.15) is 5.70 Å². The Labute approximate surface area is 180 Å². The lowest BCUT2D eigenvalue weighted by atomic mass is 10.0. The third kappa shape index (κ3) is 4.14. The average molecular weight is 417 g/mol. The molecule has 0 saturated heterocycles. The molecule has 2 amide bonds. The number of hydrogen-bond donors (Lipinski definition) is 1. The Hall–Kier alpha value is -3.37. The predicted molar refractivity (Wildman–Crippen MR) is 120 cm³/mol. The van der Waals surface area contributed by atoms with Crippen molar-refractivity contribution < 1.29 is 9.59 Å². The molecule has 4 rings (SSSR count). The van der Waals surface area contributed by atoms with E-state index in [0.29, 0.717) is 34.8 Å². The first-order valence-corrected chi connectivity index (χ1v) is 10.1. The molecule has 0 atom stereocenters. The molecule has 150 valence electrons. The zero-order chi connectivity index (χ0) is 21.1. The van der Waals surface area contributed by atoms with E-state index >= 15 is 0 Å². The summed E-state index contributed by atoms with van der Waals surface area (Å²) in [6.45, 7) is 2.30. The molecule has 0 radical (unpaired) electrons. The third-order valence-corrected chi connectivity index (χ3v) is 5.31. The fourth-order valence-electron chi connectivity index (χ4n) is 3.53. The molecule has 1 aliphatic rings. The first-order valence-electron chi connectivity index (χ1n) is 9.77. The Morgan fingerprint density at radius 1 is 0.867 bits per heavy atom. The summed E-state index contributed by atoms with van der Waals surface area (Å²) < 4.78 is 0. The van der Waals surface area contributed by atoms with Crippen molar-refractivity contribution in [1.82, 2.24) is 4.90 Å². The molecule has 0 aliphatic carbocycles. The molecular weight excluding hydrogens is 396 g/mol. The summed E-state index contributed by atoms with van der Waals surface area (Å²) in [6, 6.07) is 24.5. The third-order valence-electron chi connectivity index (χ3n) is 5.06. The van der Waals surface area contributed by atoms with Gasteiger partial charge in [0.2, 0.25) is 0 Å². The van der Waals surface area contributed by atoms with Gasteiger partial charge >= 0.3 is 0 Å². The number of nitrogens with zero attached hydrogens (tertiary/aromatic N) is 1. The fraction of sp³-hybridized carbons (Fsp3) is 0.120. The lowest BCUT2D eigenvalue weighted by Crippen LogP contribution is -2.34. The highest BCUT2D eigenvalue weighted by Gasteiger charge is 2.38. The van der Waals surface area contributed by atoms with Crippen LogP contribution in [-0.4, -0.2) is 23.3 Å². The zero-order valence-electron chi connectivity index (χ0n) is 16.6. The van der Waals surface area contributed by atoms with Crippen molar-refractivity contribution in [2.24, 2.45) is 0 Å². The van der Waals surface area contributed by atoms with Gasteiger partial charge in [-0.05, 0) is 54.3 Å². The summed E-state index contributed by atoms with van der Waals surface area (Å²) >= 11 is 6.02. The van der Waals surface area contributed by atoms with E-state index in [1.54, 1.807) is 24.3 Å². The minimum Gasteiger partial charge on any atom is -0.350 e. The second-order valence-corrected chi connectivity index (χ2v) is 7.69. The second-order valence-electron chi connectivity index (χ2n) is 7.25. The number of anilines is 1. The standard InChI is InChI=1S/C25H21ClN2O2/c1-17-6-5-9-21(16-17)27-23-22(19-10-12-20(26)13-11-19)24(29)28(25(23)30)15-14-18-7-3-2-4-8-18/h2-13,16,27H,14-15H2,1H3. The molecule has 0 aromatic heterocycles. The van der Waals surface area contributed by atoms with E-state index in [1.807, 2.05) is 61.5 Å². The van der Waals surface area contributed by atoms with Crippen LogP contribution in [0.2, 0.25) is 5.02 Å². The molecule has 1 N–H and O–H groups in total. The second kappa shape index (κ2) is 8.56. The minimum atomic E-state index is -0.317. The van der Waals surface area contributed by atoms with Crippen molar-refractivity contribution in [3.05, 3.63) is 106 Å². The van der Waals surface area contributed by atoms with Crippen molar-refractivity contribution in [1.29, 1.82) is 0 Å². The molecule has 4 nitrogen and oxygen atoms in total. The van der Waals surface area contributed by atoms with Crippen LogP contribution in [0.1, 0.15) is 16.7 Å². The zero-order valence-corrected chi connectivity index (χ0v) is 17.3. The smallest absolute Gasteiger partial charge is 0.278 e. The Bertz CT molecular complexity index is 1120. The Balaban J connectivity index is 1.67.